The second kappa shape index (κ2) is 6.54. The molecule has 3 rings (SSSR count). The molecule has 0 aliphatic heterocycles. The van der Waals surface area contributed by atoms with Gasteiger partial charge in [-0.25, -0.2) is 13.1 Å². The average Bonchev–Trinajstić information content (AvgIpc) is 3.05. The van der Waals surface area contributed by atoms with Crippen LogP contribution in [0.2, 0.25) is 0 Å². The number of hydrogen-bond donors (Lipinski definition) is 1. The fraction of sp³-hybridized carbons (Fsp3) is 0.111. The van der Waals surface area contributed by atoms with Crippen LogP contribution in [0.5, 0.6) is 5.75 Å². The average molecular weight is 368 g/mol. The molecule has 0 bridgehead atoms. The number of hydrogen-bond acceptors (Lipinski definition) is 6. The summed E-state index contributed by atoms with van der Waals surface area (Å²) in [5, 5.41) is 13.5. The van der Waals surface area contributed by atoms with Gasteiger partial charge in [0.05, 0.1) is 29.1 Å². The standard InChI is InChI=1S/C18H16N4O3S/c1-25-18-8-5-14(10-16(18)20)22-17(9-13(11-19)21-22)12-3-6-15(7-4-12)26(2,23)24/h3-10H,20H2,1-2H3. The molecule has 0 amide bonds. The van der Waals surface area contributed by atoms with E-state index in [1.807, 2.05) is 6.07 Å². The van der Waals surface area contributed by atoms with E-state index < -0.39 is 9.84 Å². The third kappa shape index (κ3) is 3.25. The predicted molar refractivity (Wildman–Crippen MR) is 97.8 cm³/mol. The van der Waals surface area contributed by atoms with Gasteiger partial charge in [-0.15, -0.1) is 0 Å². The zero-order valence-electron chi connectivity index (χ0n) is 14.2. The van der Waals surface area contributed by atoms with Crippen molar-refractivity contribution >= 4 is 15.5 Å². The van der Waals surface area contributed by atoms with Gasteiger partial charge in [0.1, 0.15) is 11.8 Å². The Morgan fingerprint density at radius 2 is 1.85 bits per heavy atom. The van der Waals surface area contributed by atoms with Gasteiger partial charge in [0.25, 0.3) is 0 Å². The molecule has 7 nitrogen and oxygen atoms in total. The van der Waals surface area contributed by atoms with Crippen LogP contribution in [0.25, 0.3) is 16.9 Å². The Balaban J connectivity index is 2.13. The summed E-state index contributed by atoms with van der Waals surface area (Å²) in [4.78, 5) is 0.224. The fourth-order valence-electron chi connectivity index (χ4n) is 2.56. The Kier molecular flexibility index (Phi) is 4.40. The lowest BCUT2D eigenvalue weighted by molar-refractivity contribution is 0.417. The van der Waals surface area contributed by atoms with Crippen LogP contribution in [-0.4, -0.2) is 31.6 Å². The molecule has 3 aromatic rings. The fourth-order valence-corrected chi connectivity index (χ4v) is 3.20. The van der Waals surface area contributed by atoms with Crippen molar-refractivity contribution in [3.8, 4) is 28.8 Å². The monoisotopic (exact) mass is 368 g/mol. The van der Waals surface area contributed by atoms with Gasteiger partial charge in [-0.2, -0.15) is 10.4 Å². The van der Waals surface area contributed by atoms with Crippen LogP contribution >= 0.6 is 0 Å². The summed E-state index contributed by atoms with van der Waals surface area (Å²) in [6.07, 6.45) is 1.15. The molecular formula is C18H16N4O3S. The molecule has 2 aromatic carbocycles. The zero-order valence-corrected chi connectivity index (χ0v) is 15.0. The number of nitrogens with two attached hydrogens (primary N) is 1. The Bertz CT molecular complexity index is 1110. The van der Waals surface area contributed by atoms with E-state index in [0.717, 1.165) is 11.8 Å². The molecule has 0 radical (unpaired) electrons. The predicted octanol–water partition coefficient (Wildman–Crippen LogP) is 2.41. The number of benzene rings is 2. The minimum absolute atomic E-state index is 0.224. The van der Waals surface area contributed by atoms with Crippen LogP contribution in [0.3, 0.4) is 0 Å². The highest BCUT2D eigenvalue weighted by Crippen LogP contribution is 2.29. The lowest BCUT2D eigenvalue weighted by atomic mass is 10.1. The maximum absolute atomic E-state index is 11.6. The molecule has 1 heterocycles. The van der Waals surface area contributed by atoms with Crippen LogP contribution in [0.1, 0.15) is 5.69 Å². The molecule has 0 saturated carbocycles. The molecule has 2 N–H and O–H groups in total. The van der Waals surface area contributed by atoms with Crippen molar-refractivity contribution in [1.82, 2.24) is 9.78 Å². The van der Waals surface area contributed by atoms with Gasteiger partial charge in [-0.05, 0) is 30.3 Å². The molecular weight excluding hydrogens is 352 g/mol. The van der Waals surface area contributed by atoms with E-state index in [1.165, 1.54) is 19.2 Å². The number of anilines is 1. The summed E-state index contributed by atoms with van der Waals surface area (Å²) >= 11 is 0. The Morgan fingerprint density at radius 3 is 2.38 bits per heavy atom. The van der Waals surface area contributed by atoms with Crippen molar-refractivity contribution in [2.75, 3.05) is 19.1 Å². The number of methoxy groups -OCH3 is 1. The maximum atomic E-state index is 11.6. The summed E-state index contributed by atoms with van der Waals surface area (Å²) in [6.45, 7) is 0. The Hall–Kier alpha value is -3.31. The lowest BCUT2D eigenvalue weighted by Crippen LogP contribution is -2.02. The van der Waals surface area contributed by atoms with E-state index in [-0.39, 0.29) is 10.6 Å². The van der Waals surface area contributed by atoms with E-state index in [1.54, 1.807) is 41.1 Å². The van der Waals surface area contributed by atoms with Gasteiger partial charge in [0, 0.05) is 17.9 Å². The SMILES string of the molecule is COc1ccc(-n2nc(C#N)cc2-c2ccc(S(C)(=O)=O)cc2)cc1N. The van der Waals surface area contributed by atoms with Gasteiger partial charge in [0.2, 0.25) is 0 Å². The zero-order chi connectivity index (χ0) is 18.9. The normalized spacial score (nSPS) is 11.1. The first-order valence-corrected chi connectivity index (χ1v) is 9.47. The molecule has 132 valence electrons. The highest BCUT2D eigenvalue weighted by atomic mass is 32.2. The number of ether oxygens (including phenoxy) is 1. The summed E-state index contributed by atoms with van der Waals surface area (Å²) in [7, 11) is -1.75. The van der Waals surface area contributed by atoms with Gasteiger partial charge >= 0.3 is 0 Å². The molecule has 1 aromatic heterocycles. The van der Waals surface area contributed by atoms with Crippen molar-refractivity contribution in [3.63, 3.8) is 0 Å². The molecule has 0 unspecified atom stereocenters. The summed E-state index contributed by atoms with van der Waals surface area (Å²) in [6, 6.07) is 15.2. The number of nitrogen functional groups attached to an aromatic ring is 1. The summed E-state index contributed by atoms with van der Waals surface area (Å²) in [5.74, 6) is 0.542. The second-order valence-electron chi connectivity index (χ2n) is 5.66. The van der Waals surface area contributed by atoms with Crippen LogP contribution in [-0.2, 0) is 9.84 Å². The molecule has 26 heavy (non-hydrogen) atoms. The van der Waals surface area contributed by atoms with E-state index in [2.05, 4.69) is 5.10 Å². The first-order valence-electron chi connectivity index (χ1n) is 7.58. The Morgan fingerprint density at radius 1 is 1.15 bits per heavy atom. The molecule has 0 aliphatic rings. The van der Waals surface area contributed by atoms with Crippen molar-refractivity contribution in [1.29, 1.82) is 5.26 Å². The maximum Gasteiger partial charge on any atom is 0.175 e. The highest BCUT2D eigenvalue weighted by Gasteiger charge is 2.14. The summed E-state index contributed by atoms with van der Waals surface area (Å²) < 4.78 is 30.0. The molecule has 0 spiro atoms. The first-order chi connectivity index (χ1) is 12.3. The largest absolute Gasteiger partial charge is 0.495 e. The topological polar surface area (TPSA) is 111 Å². The van der Waals surface area contributed by atoms with E-state index in [0.29, 0.717) is 22.8 Å². The minimum atomic E-state index is -3.28. The number of nitrogens with zero attached hydrogens (tertiary/aromatic N) is 3. The van der Waals surface area contributed by atoms with Crippen molar-refractivity contribution < 1.29 is 13.2 Å². The third-order valence-electron chi connectivity index (χ3n) is 3.86. The van der Waals surface area contributed by atoms with Gasteiger partial charge in [-0.1, -0.05) is 12.1 Å². The molecule has 0 atom stereocenters. The minimum Gasteiger partial charge on any atom is -0.495 e. The number of aromatic nitrogens is 2. The molecule has 0 aliphatic carbocycles. The number of nitriles is 1. The van der Waals surface area contributed by atoms with Gasteiger partial charge in [-0.3, -0.25) is 0 Å². The quantitative estimate of drug-likeness (QED) is 0.708. The van der Waals surface area contributed by atoms with Gasteiger partial charge < -0.3 is 10.5 Å². The smallest absolute Gasteiger partial charge is 0.175 e. The van der Waals surface area contributed by atoms with Crippen molar-refractivity contribution in [2.45, 2.75) is 4.90 Å². The highest BCUT2D eigenvalue weighted by molar-refractivity contribution is 7.90. The number of rotatable bonds is 4. The summed E-state index contributed by atoms with van der Waals surface area (Å²) in [5.41, 5.74) is 8.67. The second-order valence-corrected chi connectivity index (χ2v) is 7.68. The molecule has 0 saturated heterocycles. The number of sulfone groups is 1. The van der Waals surface area contributed by atoms with Crippen LogP contribution in [0.15, 0.2) is 53.4 Å². The Labute approximate surface area is 151 Å². The molecule has 0 fully saturated rings. The van der Waals surface area contributed by atoms with E-state index in [4.69, 9.17) is 10.5 Å². The van der Waals surface area contributed by atoms with E-state index in [9.17, 15) is 13.7 Å². The van der Waals surface area contributed by atoms with Crippen LogP contribution < -0.4 is 10.5 Å². The molecule has 8 heteroatoms. The van der Waals surface area contributed by atoms with Crippen molar-refractivity contribution in [2.24, 2.45) is 0 Å². The van der Waals surface area contributed by atoms with Crippen LogP contribution in [0, 0.1) is 11.3 Å². The lowest BCUT2D eigenvalue weighted by Gasteiger charge is -2.11. The van der Waals surface area contributed by atoms with Crippen molar-refractivity contribution in [3.05, 3.63) is 54.2 Å². The van der Waals surface area contributed by atoms with Gasteiger partial charge in [0.15, 0.2) is 15.5 Å². The van der Waals surface area contributed by atoms with Crippen LogP contribution in [0.4, 0.5) is 5.69 Å². The van der Waals surface area contributed by atoms with E-state index >= 15 is 0 Å². The third-order valence-corrected chi connectivity index (χ3v) is 4.99. The first kappa shape index (κ1) is 17.5.